The molecule has 0 bridgehead atoms. The third-order valence-electron chi connectivity index (χ3n) is 4.77. The van der Waals surface area contributed by atoms with Crippen molar-refractivity contribution in [1.29, 1.82) is 0 Å². The highest BCUT2D eigenvalue weighted by molar-refractivity contribution is 5.62. The van der Waals surface area contributed by atoms with Gasteiger partial charge in [-0.2, -0.15) is 5.10 Å². The normalized spacial score (nSPS) is 18.1. The zero-order valence-corrected chi connectivity index (χ0v) is 13.9. The van der Waals surface area contributed by atoms with E-state index in [-0.39, 0.29) is 11.6 Å². The van der Waals surface area contributed by atoms with Crippen molar-refractivity contribution in [3.05, 3.63) is 39.8 Å². The number of rotatable bonds is 2. The Balaban J connectivity index is 1.81. The number of aromatic nitrogens is 2. The Morgan fingerprint density at radius 3 is 2.75 bits per heavy atom. The van der Waals surface area contributed by atoms with Crippen LogP contribution in [0.2, 0.25) is 0 Å². The number of fused-ring (bicyclic) bond motifs is 5. The number of hydrogen-bond acceptors (Lipinski definition) is 6. The lowest BCUT2D eigenvalue weighted by molar-refractivity contribution is 0.251. The highest BCUT2D eigenvalue weighted by Gasteiger charge is 2.36. The van der Waals surface area contributed by atoms with Crippen molar-refractivity contribution in [2.24, 2.45) is 7.05 Å². The lowest BCUT2D eigenvalue weighted by Gasteiger charge is -2.42. The van der Waals surface area contributed by atoms with E-state index in [1.807, 2.05) is 12.1 Å². The topological polar surface area (TPSA) is 65.8 Å². The molecule has 0 radical (unpaired) electrons. The maximum Gasteiger partial charge on any atom is 0.311 e. The Morgan fingerprint density at radius 1 is 1.25 bits per heavy atom. The summed E-state index contributed by atoms with van der Waals surface area (Å²) in [5.74, 6) is 1.82. The number of ether oxygens (including phenoxy) is 3. The summed E-state index contributed by atoms with van der Waals surface area (Å²) < 4.78 is 17.9. The molecule has 0 fully saturated rings. The molecule has 0 saturated carbocycles. The van der Waals surface area contributed by atoms with Crippen molar-refractivity contribution in [2.45, 2.75) is 12.5 Å². The van der Waals surface area contributed by atoms with Gasteiger partial charge in [0.05, 0.1) is 26.5 Å². The van der Waals surface area contributed by atoms with Crippen molar-refractivity contribution in [2.75, 3.05) is 32.3 Å². The smallest absolute Gasteiger partial charge is 0.311 e. The second-order valence-electron chi connectivity index (χ2n) is 5.96. The molecule has 7 nitrogen and oxygen atoms in total. The minimum Gasteiger partial charge on any atom is -0.493 e. The van der Waals surface area contributed by atoms with Gasteiger partial charge in [-0.15, -0.1) is 0 Å². The quantitative estimate of drug-likeness (QED) is 0.827. The van der Waals surface area contributed by atoms with Crippen LogP contribution in [0.15, 0.2) is 23.1 Å². The minimum atomic E-state index is -0.205. The van der Waals surface area contributed by atoms with Gasteiger partial charge in [-0.05, 0) is 29.7 Å². The molecule has 126 valence electrons. The molecule has 7 heteroatoms. The molecule has 1 unspecified atom stereocenters. The summed E-state index contributed by atoms with van der Waals surface area (Å²) in [6.07, 6.45) is 2.56. The van der Waals surface area contributed by atoms with Crippen LogP contribution in [0, 0.1) is 0 Å². The van der Waals surface area contributed by atoms with E-state index in [0.29, 0.717) is 18.1 Å². The molecular formula is C17H19N3O4. The third-order valence-corrected chi connectivity index (χ3v) is 4.77. The van der Waals surface area contributed by atoms with Gasteiger partial charge in [0.1, 0.15) is 12.3 Å². The van der Waals surface area contributed by atoms with Gasteiger partial charge >= 0.3 is 5.56 Å². The van der Waals surface area contributed by atoms with Crippen LogP contribution in [0.4, 0.5) is 5.69 Å². The number of aryl methyl sites for hydroxylation is 1. The van der Waals surface area contributed by atoms with Crippen LogP contribution in [-0.2, 0) is 13.5 Å². The molecule has 2 aromatic rings. The van der Waals surface area contributed by atoms with Crippen LogP contribution in [0.25, 0.3) is 0 Å². The maximum absolute atomic E-state index is 12.2. The van der Waals surface area contributed by atoms with Crippen molar-refractivity contribution < 1.29 is 14.2 Å². The SMILES string of the molecule is COc1cc2c(cc1OC)C1COc3c(cnn(C)c3=O)N1CC2. The van der Waals surface area contributed by atoms with Crippen LogP contribution >= 0.6 is 0 Å². The van der Waals surface area contributed by atoms with E-state index >= 15 is 0 Å². The summed E-state index contributed by atoms with van der Waals surface area (Å²) in [7, 11) is 4.90. The monoisotopic (exact) mass is 329 g/mol. The largest absolute Gasteiger partial charge is 0.493 e. The molecule has 0 saturated heterocycles. The second kappa shape index (κ2) is 5.43. The van der Waals surface area contributed by atoms with Gasteiger partial charge in [-0.3, -0.25) is 4.79 Å². The van der Waals surface area contributed by atoms with Crippen LogP contribution in [0.1, 0.15) is 17.2 Å². The van der Waals surface area contributed by atoms with Crippen LogP contribution in [-0.4, -0.2) is 37.2 Å². The molecule has 24 heavy (non-hydrogen) atoms. The average molecular weight is 329 g/mol. The molecule has 2 aliphatic rings. The summed E-state index contributed by atoms with van der Waals surface area (Å²) >= 11 is 0. The minimum absolute atomic E-state index is 0.0370. The number of anilines is 1. The molecular weight excluding hydrogens is 310 g/mol. The average Bonchev–Trinajstić information content (AvgIpc) is 2.62. The molecule has 1 atom stereocenters. The number of nitrogens with zero attached hydrogens (tertiary/aromatic N) is 3. The van der Waals surface area contributed by atoms with E-state index in [4.69, 9.17) is 14.2 Å². The van der Waals surface area contributed by atoms with Crippen molar-refractivity contribution in [3.63, 3.8) is 0 Å². The van der Waals surface area contributed by atoms with Crippen LogP contribution in [0.5, 0.6) is 17.2 Å². The zero-order chi connectivity index (χ0) is 16.8. The molecule has 0 amide bonds. The van der Waals surface area contributed by atoms with Gasteiger partial charge in [-0.1, -0.05) is 0 Å². The van der Waals surface area contributed by atoms with Gasteiger partial charge in [0.25, 0.3) is 0 Å². The van der Waals surface area contributed by atoms with Gasteiger partial charge in [-0.25, -0.2) is 4.68 Å². The fourth-order valence-corrected chi connectivity index (χ4v) is 3.51. The van der Waals surface area contributed by atoms with Crippen LogP contribution < -0.4 is 24.7 Å². The summed E-state index contributed by atoms with van der Waals surface area (Å²) in [5, 5.41) is 4.14. The first-order valence-corrected chi connectivity index (χ1v) is 7.84. The van der Waals surface area contributed by atoms with Crippen LogP contribution in [0.3, 0.4) is 0 Å². The first kappa shape index (κ1) is 14.9. The Kier molecular flexibility index (Phi) is 3.37. The Bertz CT molecular complexity index is 862. The third kappa shape index (κ3) is 2.04. The molecule has 0 aliphatic carbocycles. The van der Waals surface area contributed by atoms with E-state index in [0.717, 1.165) is 30.0 Å². The standard InChI is InChI=1S/C17H19N3O4/c1-19-17(21)16-12(8-18-19)20-5-4-10-6-14(22-2)15(23-3)7-11(10)13(20)9-24-16/h6-8,13H,4-5,9H2,1-3H3. The Morgan fingerprint density at radius 2 is 2.00 bits per heavy atom. The molecule has 2 aliphatic heterocycles. The van der Waals surface area contributed by atoms with Crippen molar-refractivity contribution in [3.8, 4) is 17.2 Å². The fourth-order valence-electron chi connectivity index (χ4n) is 3.51. The first-order chi connectivity index (χ1) is 11.6. The van der Waals surface area contributed by atoms with Gasteiger partial charge in [0.2, 0.25) is 5.75 Å². The van der Waals surface area contributed by atoms with E-state index in [2.05, 4.69) is 10.00 Å². The van der Waals surface area contributed by atoms with Crippen molar-refractivity contribution in [1.82, 2.24) is 9.78 Å². The lowest BCUT2D eigenvalue weighted by Crippen LogP contribution is -2.43. The number of benzene rings is 1. The number of hydrogen-bond donors (Lipinski definition) is 0. The molecule has 0 spiro atoms. The second-order valence-corrected chi connectivity index (χ2v) is 5.96. The highest BCUT2D eigenvalue weighted by atomic mass is 16.5. The predicted octanol–water partition coefficient (Wildman–Crippen LogP) is 1.29. The van der Waals surface area contributed by atoms with E-state index in [1.54, 1.807) is 27.5 Å². The molecule has 1 aromatic carbocycles. The Labute approximate surface area is 139 Å². The van der Waals surface area contributed by atoms with E-state index in [9.17, 15) is 4.79 Å². The summed E-state index contributed by atoms with van der Waals surface area (Å²) in [4.78, 5) is 14.4. The number of methoxy groups -OCH3 is 2. The highest BCUT2D eigenvalue weighted by Crippen LogP contribution is 2.43. The van der Waals surface area contributed by atoms with Gasteiger partial charge in [0.15, 0.2) is 11.5 Å². The first-order valence-electron chi connectivity index (χ1n) is 7.84. The van der Waals surface area contributed by atoms with Crippen molar-refractivity contribution >= 4 is 5.69 Å². The van der Waals surface area contributed by atoms with Gasteiger partial charge < -0.3 is 19.1 Å². The molecule has 0 N–H and O–H groups in total. The summed E-state index contributed by atoms with van der Waals surface area (Å²) in [6.45, 7) is 1.23. The summed E-state index contributed by atoms with van der Waals surface area (Å²) in [5.41, 5.74) is 2.92. The Hall–Kier alpha value is -2.70. The summed E-state index contributed by atoms with van der Waals surface area (Å²) in [6, 6.07) is 4.08. The van der Waals surface area contributed by atoms with E-state index < -0.39 is 0 Å². The predicted molar refractivity (Wildman–Crippen MR) is 88.3 cm³/mol. The molecule has 1 aromatic heterocycles. The molecule has 3 heterocycles. The zero-order valence-electron chi connectivity index (χ0n) is 13.9. The maximum atomic E-state index is 12.2. The molecule has 4 rings (SSSR count). The lowest BCUT2D eigenvalue weighted by atomic mass is 9.91. The van der Waals surface area contributed by atoms with E-state index in [1.165, 1.54) is 10.2 Å². The fraction of sp³-hybridized carbons (Fsp3) is 0.412. The van der Waals surface area contributed by atoms with Gasteiger partial charge in [0, 0.05) is 13.6 Å².